The molecule has 1 aliphatic rings. The van der Waals surface area contributed by atoms with Crippen molar-refractivity contribution in [3.8, 4) is 5.69 Å². The van der Waals surface area contributed by atoms with Crippen LogP contribution in [0.1, 0.15) is 28.1 Å². The van der Waals surface area contributed by atoms with E-state index in [9.17, 15) is 9.59 Å². The first-order valence-corrected chi connectivity index (χ1v) is 10.2. The summed E-state index contributed by atoms with van der Waals surface area (Å²) in [5, 5.41) is -0.233. The van der Waals surface area contributed by atoms with Crippen LogP contribution in [0.25, 0.3) is 11.8 Å². The van der Waals surface area contributed by atoms with Crippen LogP contribution >= 0.6 is 11.8 Å². The summed E-state index contributed by atoms with van der Waals surface area (Å²) in [7, 11) is 0. The van der Waals surface area contributed by atoms with Crippen LogP contribution in [0.3, 0.4) is 0 Å². The topological polar surface area (TPSA) is 55.2 Å². The van der Waals surface area contributed by atoms with Gasteiger partial charge >= 0.3 is 0 Å². The van der Waals surface area contributed by atoms with Crippen LogP contribution in [0.15, 0.2) is 59.8 Å². The van der Waals surface area contributed by atoms with Gasteiger partial charge in [-0.05, 0) is 67.9 Å². The van der Waals surface area contributed by atoms with Gasteiger partial charge in [0.25, 0.3) is 11.1 Å². The summed E-state index contributed by atoms with van der Waals surface area (Å²) in [6, 6.07) is 13.8. The number of carbonyl (C=O) groups is 2. The molecule has 1 aromatic carbocycles. The van der Waals surface area contributed by atoms with Crippen molar-refractivity contribution >= 4 is 29.0 Å². The number of imide groups is 1. The number of hydrogen-bond donors (Lipinski definition) is 0. The highest BCUT2D eigenvalue weighted by molar-refractivity contribution is 8.18. The zero-order valence-corrected chi connectivity index (χ0v) is 17.4. The fourth-order valence-corrected chi connectivity index (χ4v) is 4.30. The predicted octanol–water partition coefficient (Wildman–Crippen LogP) is 5.03. The third-order valence-corrected chi connectivity index (χ3v) is 5.90. The SMILES string of the molecule is Cc1ccc(CN2C(=O)S/C(=C\c3cc(C)n(-c4cccnc4)c3C)C2=O)cc1. The standard InChI is InChI=1S/C23H21N3O2S/c1-15-6-8-18(9-7-15)14-25-22(27)21(29-23(25)28)12-19-11-16(2)26(17(19)3)20-5-4-10-24-13-20/h4-13H,14H2,1-3H3/b21-12-. The maximum Gasteiger partial charge on any atom is 0.293 e. The molecular weight excluding hydrogens is 382 g/mol. The molecular formula is C23H21N3O2S. The molecule has 0 saturated carbocycles. The van der Waals surface area contributed by atoms with Gasteiger partial charge in [0.15, 0.2) is 0 Å². The molecule has 0 unspecified atom stereocenters. The van der Waals surface area contributed by atoms with E-state index in [2.05, 4.69) is 9.55 Å². The van der Waals surface area contributed by atoms with E-state index in [1.165, 1.54) is 4.90 Å². The molecule has 0 aliphatic carbocycles. The van der Waals surface area contributed by atoms with Gasteiger partial charge in [-0.3, -0.25) is 19.5 Å². The van der Waals surface area contributed by atoms with Crippen LogP contribution in [-0.2, 0) is 11.3 Å². The first-order chi connectivity index (χ1) is 13.9. The number of nitrogens with zero attached hydrogens (tertiary/aromatic N) is 3. The van der Waals surface area contributed by atoms with E-state index in [1.807, 2.05) is 69.3 Å². The van der Waals surface area contributed by atoms with Crippen molar-refractivity contribution in [2.45, 2.75) is 27.3 Å². The molecule has 1 saturated heterocycles. The van der Waals surface area contributed by atoms with Gasteiger partial charge in [-0.1, -0.05) is 29.8 Å². The Morgan fingerprint density at radius 3 is 2.52 bits per heavy atom. The Kier molecular flexibility index (Phi) is 5.11. The average molecular weight is 404 g/mol. The molecule has 1 fully saturated rings. The highest BCUT2D eigenvalue weighted by atomic mass is 32.2. The molecule has 6 heteroatoms. The van der Waals surface area contributed by atoms with Crippen molar-refractivity contribution in [2.75, 3.05) is 0 Å². The Labute approximate surface area is 174 Å². The Morgan fingerprint density at radius 2 is 1.83 bits per heavy atom. The van der Waals surface area contributed by atoms with Gasteiger partial charge in [-0.2, -0.15) is 0 Å². The normalized spacial score (nSPS) is 15.6. The third-order valence-electron chi connectivity index (χ3n) is 5.00. The van der Waals surface area contributed by atoms with Crippen LogP contribution in [0.2, 0.25) is 0 Å². The Balaban J connectivity index is 1.62. The van der Waals surface area contributed by atoms with Crippen molar-refractivity contribution in [3.05, 3.63) is 87.8 Å². The van der Waals surface area contributed by atoms with Crippen molar-refractivity contribution in [1.29, 1.82) is 0 Å². The van der Waals surface area contributed by atoms with Crippen LogP contribution < -0.4 is 0 Å². The number of thioether (sulfide) groups is 1. The Bertz CT molecular complexity index is 1120. The van der Waals surface area contributed by atoms with E-state index < -0.39 is 0 Å². The first-order valence-electron chi connectivity index (χ1n) is 9.34. The molecule has 0 spiro atoms. The molecule has 0 N–H and O–H groups in total. The van der Waals surface area contributed by atoms with Crippen LogP contribution in [0.5, 0.6) is 0 Å². The summed E-state index contributed by atoms with van der Waals surface area (Å²) in [5.41, 5.74) is 6.02. The molecule has 0 bridgehead atoms. The van der Waals surface area contributed by atoms with Gasteiger partial charge in [-0.25, -0.2) is 0 Å². The lowest BCUT2D eigenvalue weighted by atomic mass is 10.1. The number of carbonyl (C=O) groups excluding carboxylic acids is 2. The maximum atomic E-state index is 12.9. The van der Waals surface area contributed by atoms with E-state index in [0.29, 0.717) is 4.91 Å². The molecule has 1 aliphatic heterocycles. The lowest BCUT2D eigenvalue weighted by Crippen LogP contribution is -2.27. The quantitative estimate of drug-likeness (QED) is 0.573. The number of benzene rings is 1. The fraction of sp³-hybridized carbons (Fsp3) is 0.174. The van der Waals surface area contributed by atoms with Gasteiger partial charge in [0.1, 0.15) is 0 Å². The molecule has 29 heavy (non-hydrogen) atoms. The van der Waals surface area contributed by atoms with Crippen LogP contribution in [0, 0.1) is 20.8 Å². The van der Waals surface area contributed by atoms with Crippen molar-refractivity contribution in [3.63, 3.8) is 0 Å². The Morgan fingerprint density at radius 1 is 1.07 bits per heavy atom. The monoisotopic (exact) mass is 403 g/mol. The molecule has 2 aromatic heterocycles. The second-order valence-corrected chi connectivity index (χ2v) is 8.12. The largest absolute Gasteiger partial charge is 0.316 e. The summed E-state index contributed by atoms with van der Waals surface area (Å²) in [5.74, 6) is -0.244. The van der Waals surface area contributed by atoms with Gasteiger partial charge in [-0.15, -0.1) is 0 Å². The summed E-state index contributed by atoms with van der Waals surface area (Å²) >= 11 is 0.996. The summed E-state index contributed by atoms with van der Waals surface area (Å²) in [6.45, 7) is 6.31. The number of hydrogen-bond acceptors (Lipinski definition) is 4. The van der Waals surface area contributed by atoms with E-state index in [-0.39, 0.29) is 17.7 Å². The minimum absolute atomic E-state index is 0.233. The molecule has 3 aromatic rings. The van der Waals surface area contributed by atoms with Crippen LogP contribution in [-0.4, -0.2) is 25.6 Å². The lowest BCUT2D eigenvalue weighted by molar-refractivity contribution is -0.123. The van der Waals surface area contributed by atoms with E-state index in [1.54, 1.807) is 12.4 Å². The summed E-state index contributed by atoms with van der Waals surface area (Å²) in [6.07, 6.45) is 5.36. The highest BCUT2D eigenvalue weighted by Gasteiger charge is 2.35. The second-order valence-electron chi connectivity index (χ2n) is 7.13. The zero-order chi connectivity index (χ0) is 20.5. The lowest BCUT2D eigenvalue weighted by Gasteiger charge is -2.12. The van der Waals surface area contributed by atoms with E-state index >= 15 is 0 Å². The zero-order valence-electron chi connectivity index (χ0n) is 16.5. The third kappa shape index (κ3) is 3.76. The van der Waals surface area contributed by atoms with Crippen molar-refractivity contribution < 1.29 is 9.59 Å². The minimum atomic E-state index is -0.244. The first kappa shape index (κ1) is 19.2. The maximum absolute atomic E-state index is 12.9. The molecule has 5 nitrogen and oxygen atoms in total. The molecule has 0 radical (unpaired) electrons. The number of amides is 2. The Hall–Kier alpha value is -3.12. The van der Waals surface area contributed by atoms with Gasteiger partial charge < -0.3 is 4.57 Å². The number of aryl methyl sites for hydroxylation is 2. The molecule has 4 rings (SSSR count). The average Bonchev–Trinajstić information content (AvgIpc) is 3.14. The molecule has 3 heterocycles. The van der Waals surface area contributed by atoms with E-state index in [4.69, 9.17) is 0 Å². The van der Waals surface area contributed by atoms with Crippen molar-refractivity contribution in [2.24, 2.45) is 0 Å². The van der Waals surface area contributed by atoms with E-state index in [0.717, 1.165) is 45.5 Å². The summed E-state index contributed by atoms with van der Waals surface area (Å²) in [4.78, 5) is 31.3. The van der Waals surface area contributed by atoms with Gasteiger partial charge in [0.2, 0.25) is 0 Å². The highest BCUT2D eigenvalue weighted by Crippen LogP contribution is 2.34. The molecule has 0 atom stereocenters. The minimum Gasteiger partial charge on any atom is -0.316 e. The van der Waals surface area contributed by atoms with Crippen molar-refractivity contribution in [1.82, 2.24) is 14.5 Å². The second kappa shape index (κ2) is 7.72. The summed E-state index contributed by atoms with van der Waals surface area (Å²) < 4.78 is 2.09. The van der Waals surface area contributed by atoms with Gasteiger partial charge in [0, 0.05) is 17.6 Å². The predicted molar refractivity (Wildman–Crippen MR) is 116 cm³/mol. The number of pyridine rings is 1. The van der Waals surface area contributed by atoms with Crippen LogP contribution in [0.4, 0.5) is 4.79 Å². The smallest absolute Gasteiger partial charge is 0.293 e. The number of aromatic nitrogens is 2. The molecule has 146 valence electrons. The number of rotatable bonds is 4. The fourth-order valence-electron chi connectivity index (χ4n) is 3.47. The van der Waals surface area contributed by atoms with Gasteiger partial charge in [0.05, 0.1) is 23.3 Å². The molecule has 2 amide bonds.